The van der Waals surface area contributed by atoms with E-state index in [4.69, 9.17) is 9.47 Å². The van der Waals surface area contributed by atoms with Crippen molar-refractivity contribution in [1.82, 2.24) is 9.99 Å². The van der Waals surface area contributed by atoms with Gasteiger partial charge >= 0.3 is 5.97 Å². The van der Waals surface area contributed by atoms with Gasteiger partial charge < -0.3 is 9.47 Å². The number of nitrogens with one attached hydrogen (secondary N) is 1. The van der Waals surface area contributed by atoms with Gasteiger partial charge in [-0.25, -0.2) is 9.99 Å². The lowest BCUT2D eigenvalue weighted by atomic mass is 10.2. The van der Waals surface area contributed by atoms with E-state index in [2.05, 4.69) is 15.4 Å². The highest BCUT2D eigenvalue weighted by Crippen LogP contribution is 2.17. The lowest BCUT2D eigenvalue weighted by molar-refractivity contribution is -0.143. The zero-order valence-electron chi connectivity index (χ0n) is 11.1. The van der Waals surface area contributed by atoms with Crippen LogP contribution in [0.2, 0.25) is 0 Å². The van der Waals surface area contributed by atoms with Gasteiger partial charge in [-0.15, -0.1) is 11.3 Å². The Hall–Kier alpha value is -1.18. The molecule has 0 amide bonds. The van der Waals surface area contributed by atoms with E-state index in [0.29, 0.717) is 19.4 Å². The number of carbonyl (C=O) groups excluding carboxylic acids is 1. The molecule has 2 heterocycles. The van der Waals surface area contributed by atoms with Gasteiger partial charge in [0.2, 0.25) is 0 Å². The minimum atomic E-state index is -0.168. The first-order valence-electron chi connectivity index (χ1n) is 6.47. The van der Waals surface area contributed by atoms with Gasteiger partial charge in [0.25, 0.3) is 0 Å². The molecule has 1 saturated heterocycles. The fraction of sp³-hybridized carbons (Fsp3) is 0.667. The molecule has 0 bridgehead atoms. The van der Waals surface area contributed by atoms with Crippen LogP contribution in [0.5, 0.6) is 0 Å². The number of nitrogens with zero attached hydrogens (tertiary/aromatic N) is 2. The van der Waals surface area contributed by atoms with Crippen LogP contribution < -0.4 is 5.43 Å². The first-order chi connectivity index (χ1) is 9.28. The van der Waals surface area contributed by atoms with Crippen molar-refractivity contribution in [2.75, 3.05) is 38.3 Å². The molecule has 106 valence electrons. The number of aromatic nitrogens is 1. The van der Waals surface area contributed by atoms with Crippen LogP contribution in [0.25, 0.3) is 0 Å². The van der Waals surface area contributed by atoms with Crippen LogP contribution in [0.4, 0.5) is 5.13 Å². The molecule has 1 aliphatic rings. The van der Waals surface area contributed by atoms with E-state index in [-0.39, 0.29) is 5.97 Å². The molecule has 0 aliphatic carbocycles. The van der Waals surface area contributed by atoms with Crippen molar-refractivity contribution in [3.8, 4) is 0 Å². The minimum absolute atomic E-state index is 0.168. The third kappa shape index (κ3) is 4.77. The average molecular weight is 285 g/mol. The number of esters is 1. The van der Waals surface area contributed by atoms with Crippen LogP contribution in [-0.4, -0.2) is 48.9 Å². The molecule has 0 atom stereocenters. The Balaban J connectivity index is 1.76. The topological polar surface area (TPSA) is 63.7 Å². The molecule has 1 aliphatic heterocycles. The zero-order chi connectivity index (χ0) is 13.5. The van der Waals surface area contributed by atoms with Gasteiger partial charge in [0.1, 0.15) is 0 Å². The zero-order valence-corrected chi connectivity index (χ0v) is 11.9. The van der Waals surface area contributed by atoms with Crippen LogP contribution in [0.1, 0.15) is 19.0 Å². The highest BCUT2D eigenvalue weighted by molar-refractivity contribution is 7.13. The molecule has 1 aromatic rings. The second-order valence-electron chi connectivity index (χ2n) is 4.16. The summed E-state index contributed by atoms with van der Waals surface area (Å²) in [6.07, 6.45) is 1.01. The van der Waals surface area contributed by atoms with E-state index in [1.54, 1.807) is 11.3 Å². The third-order valence-corrected chi connectivity index (χ3v) is 3.50. The van der Waals surface area contributed by atoms with Gasteiger partial charge in [-0.3, -0.25) is 10.2 Å². The first-order valence-corrected chi connectivity index (χ1v) is 7.35. The lowest BCUT2D eigenvalue weighted by Crippen LogP contribution is -2.40. The Morgan fingerprint density at radius 2 is 2.37 bits per heavy atom. The number of morpholine rings is 1. The quantitative estimate of drug-likeness (QED) is 0.795. The summed E-state index contributed by atoms with van der Waals surface area (Å²) in [6.45, 7) is 5.45. The molecule has 1 fully saturated rings. The maximum Gasteiger partial charge on any atom is 0.306 e. The fourth-order valence-corrected chi connectivity index (χ4v) is 2.52. The Bertz CT molecular complexity index is 405. The monoisotopic (exact) mass is 285 g/mol. The van der Waals surface area contributed by atoms with Crippen molar-refractivity contribution in [1.29, 1.82) is 0 Å². The van der Waals surface area contributed by atoms with Gasteiger partial charge in [-0.1, -0.05) is 0 Å². The highest BCUT2D eigenvalue weighted by Gasteiger charge is 2.12. The summed E-state index contributed by atoms with van der Waals surface area (Å²) in [5.74, 6) is -0.168. The molecule has 2 rings (SSSR count). The van der Waals surface area contributed by atoms with Crippen LogP contribution in [0.3, 0.4) is 0 Å². The number of hydrogen-bond donors (Lipinski definition) is 1. The predicted molar refractivity (Wildman–Crippen MR) is 73.1 cm³/mol. The Kier molecular flexibility index (Phi) is 5.56. The van der Waals surface area contributed by atoms with Gasteiger partial charge in [-0.05, 0) is 6.92 Å². The van der Waals surface area contributed by atoms with Crippen LogP contribution in [0, 0.1) is 0 Å². The van der Waals surface area contributed by atoms with Crippen LogP contribution >= 0.6 is 11.3 Å². The summed E-state index contributed by atoms with van der Waals surface area (Å²) in [5.41, 5.74) is 4.18. The molecular weight excluding hydrogens is 266 g/mol. The number of rotatable bonds is 6. The summed E-state index contributed by atoms with van der Waals surface area (Å²) in [5, 5.41) is 4.93. The minimum Gasteiger partial charge on any atom is -0.466 e. The third-order valence-electron chi connectivity index (χ3n) is 2.71. The maximum atomic E-state index is 11.3. The summed E-state index contributed by atoms with van der Waals surface area (Å²) in [7, 11) is 0. The highest BCUT2D eigenvalue weighted by atomic mass is 32.1. The van der Waals surface area contributed by atoms with Crippen molar-refractivity contribution in [2.24, 2.45) is 0 Å². The second kappa shape index (κ2) is 7.42. The van der Waals surface area contributed by atoms with Crippen molar-refractivity contribution in [2.45, 2.75) is 19.8 Å². The Morgan fingerprint density at radius 3 is 3.11 bits per heavy atom. The van der Waals surface area contributed by atoms with E-state index < -0.39 is 0 Å². The number of thiazole rings is 1. The summed E-state index contributed by atoms with van der Waals surface area (Å²) in [6, 6.07) is 0. The van der Waals surface area contributed by atoms with Crippen LogP contribution in [0.15, 0.2) is 5.38 Å². The normalized spacial score (nSPS) is 16.3. The molecule has 0 aromatic carbocycles. The van der Waals surface area contributed by atoms with Crippen molar-refractivity contribution < 1.29 is 14.3 Å². The van der Waals surface area contributed by atoms with Gasteiger partial charge in [-0.2, -0.15) is 0 Å². The van der Waals surface area contributed by atoms with E-state index in [1.807, 2.05) is 12.3 Å². The lowest BCUT2D eigenvalue weighted by Gasteiger charge is -2.26. The number of hydrazine groups is 1. The summed E-state index contributed by atoms with van der Waals surface area (Å²) in [4.78, 5) is 15.7. The molecule has 0 saturated carbocycles. The van der Waals surface area contributed by atoms with Gasteiger partial charge in [0.15, 0.2) is 5.13 Å². The second-order valence-corrected chi connectivity index (χ2v) is 5.02. The first kappa shape index (κ1) is 14.2. The van der Waals surface area contributed by atoms with Crippen molar-refractivity contribution in [3.63, 3.8) is 0 Å². The molecule has 0 radical (unpaired) electrons. The summed E-state index contributed by atoms with van der Waals surface area (Å²) < 4.78 is 10.2. The molecule has 6 nitrogen and oxygen atoms in total. The predicted octanol–water partition coefficient (Wildman–Crippen LogP) is 1.30. The van der Waals surface area contributed by atoms with Gasteiger partial charge in [0.05, 0.1) is 31.9 Å². The van der Waals surface area contributed by atoms with E-state index in [9.17, 15) is 4.79 Å². The standard InChI is InChI=1S/C12H19N3O3S/c1-2-18-11(16)4-3-10-9-19-12(13-10)14-15-5-7-17-8-6-15/h9H,2-8H2,1H3,(H,13,14). The number of hydrogen-bond acceptors (Lipinski definition) is 7. The SMILES string of the molecule is CCOC(=O)CCc1csc(NN2CCOCC2)n1. The largest absolute Gasteiger partial charge is 0.466 e. The molecule has 1 N–H and O–H groups in total. The number of carbonyl (C=O) groups is 1. The molecule has 0 unspecified atom stereocenters. The molecule has 19 heavy (non-hydrogen) atoms. The Labute approximate surface area is 116 Å². The van der Waals surface area contributed by atoms with E-state index in [1.165, 1.54) is 0 Å². The van der Waals surface area contributed by atoms with Crippen LogP contribution in [-0.2, 0) is 20.7 Å². The maximum absolute atomic E-state index is 11.3. The fourth-order valence-electron chi connectivity index (χ4n) is 1.75. The van der Waals surface area contributed by atoms with Crippen molar-refractivity contribution >= 4 is 22.4 Å². The number of ether oxygens (including phenoxy) is 2. The molecule has 7 heteroatoms. The Morgan fingerprint density at radius 1 is 1.58 bits per heavy atom. The molecule has 1 aromatic heterocycles. The van der Waals surface area contributed by atoms with Gasteiger partial charge in [0, 0.05) is 24.9 Å². The number of aryl methyl sites for hydroxylation is 1. The molecular formula is C12H19N3O3S. The van der Waals surface area contributed by atoms with E-state index in [0.717, 1.165) is 37.1 Å². The smallest absolute Gasteiger partial charge is 0.306 e. The number of anilines is 1. The molecule has 0 spiro atoms. The summed E-state index contributed by atoms with van der Waals surface area (Å²) >= 11 is 1.55. The van der Waals surface area contributed by atoms with E-state index >= 15 is 0 Å². The van der Waals surface area contributed by atoms with Crippen molar-refractivity contribution in [3.05, 3.63) is 11.1 Å². The average Bonchev–Trinajstić information content (AvgIpc) is 2.86.